The van der Waals surface area contributed by atoms with Crippen molar-refractivity contribution in [3.05, 3.63) is 42.0 Å². The zero-order valence-corrected chi connectivity index (χ0v) is 19.5. The van der Waals surface area contributed by atoms with Gasteiger partial charge in [-0.3, -0.25) is 9.36 Å². The molecule has 0 aliphatic rings. The second-order valence-corrected chi connectivity index (χ2v) is 7.47. The lowest BCUT2D eigenvalue weighted by Gasteiger charge is -2.16. The van der Waals surface area contributed by atoms with E-state index in [4.69, 9.17) is 34.6 Å². The van der Waals surface area contributed by atoms with Crippen molar-refractivity contribution < 1.29 is 23.7 Å². The molecule has 0 saturated carbocycles. The van der Waals surface area contributed by atoms with Gasteiger partial charge in [0.2, 0.25) is 5.75 Å². The molecule has 4 aromatic rings. The molecule has 0 spiro atoms. The standard InChI is InChI=1S/C24H27N5O5/c1-31-11-7-10-26-24(30)19-20-23(28-16-9-6-5-8-15(16)27-20)29(22(19)25)14-12-17(32-2)21(34-4)18(13-14)33-3/h5-6,8-9,12-13H,7,10-11,25H2,1-4H3,(H,26,30). The number of nitrogen functional groups attached to an aromatic ring is 1. The molecule has 0 radical (unpaired) electrons. The number of nitrogens with zero attached hydrogens (tertiary/aromatic N) is 3. The number of fused-ring (bicyclic) bond motifs is 2. The number of methoxy groups -OCH3 is 4. The van der Waals surface area contributed by atoms with Crippen LogP contribution >= 0.6 is 0 Å². The van der Waals surface area contributed by atoms with Gasteiger partial charge in [0.05, 0.1) is 38.1 Å². The van der Waals surface area contributed by atoms with E-state index in [1.165, 1.54) is 21.3 Å². The van der Waals surface area contributed by atoms with Crippen LogP contribution in [0.2, 0.25) is 0 Å². The first kappa shape index (κ1) is 23.1. The van der Waals surface area contributed by atoms with Gasteiger partial charge in [-0.2, -0.15) is 0 Å². The maximum absolute atomic E-state index is 13.2. The maximum atomic E-state index is 13.2. The Morgan fingerprint density at radius 2 is 1.65 bits per heavy atom. The lowest BCUT2D eigenvalue weighted by molar-refractivity contribution is 0.0951. The number of nitrogens with one attached hydrogen (secondary N) is 1. The van der Waals surface area contributed by atoms with Gasteiger partial charge in [0.1, 0.15) is 16.9 Å². The van der Waals surface area contributed by atoms with E-state index in [0.29, 0.717) is 64.7 Å². The van der Waals surface area contributed by atoms with Crippen LogP contribution in [0.15, 0.2) is 36.4 Å². The van der Waals surface area contributed by atoms with Crippen LogP contribution in [-0.4, -0.2) is 62.0 Å². The summed E-state index contributed by atoms with van der Waals surface area (Å²) in [5.74, 6) is 1.18. The highest BCUT2D eigenvalue weighted by molar-refractivity contribution is 6.11. The summed E-state index contributed by atoms with van der Waals surface area (Å²) in [6.07, 6.45) is 0.669. The number of rotatable bonds is 9. The van der Waals surface area contributed by atoms with Gasteiger partial charge in [-0.15, -0.1) is 0 Å². The van der Waals surface area contributed by atoms with Crippen LogP contribution < -0.4 is 25.3 Å². The maximum Gasteiger partial charge on any atom is 0.257 e. The fraction of sp³-hybridized carbons (Fsp3) is 0.292. The van der Waals surface area contributed by atoms with E-state index in [2.05, 4.69) is 5.32 Å². The summed E-state index contributed by atoms with van der Waals surface area (Å²) in [5.41, 5.74) is 9.58. The molecule has 0 atom stereocenters. The van der Waals surface area contributed by atoms with Gasteiger partial charge in [-0.05, 0) is 18.6 Å². The Morgan fingerprint density at radius 3 is 2.24 bits per heavy atom. The highest BCUT2D eigenvalue weighted by atomic mass is 16.5. The van der Waals surface area contributed by atoms with Gasteiger partial charge in [0, 0.05) is 32.4 Å². The van der Waals surface area contributed by atoms with Crippen molar-refractivity contribution in [2.45, 2.75) is 6.42 Å². The molecular weight excluding hydrogens is 438 g/mol. The van der Waals surface area contributed by atoms with Crippen molar-refractivity contribution in [3.63, 3.8) is 0 Å². The van der Waals surface area contributed by atoms with E-state index in [0.717, 1.165) is 0 Å². The average Bonchev–Trinajstić information content (AvgIpc) is 3.14. The van der Waals surface area contributed by atoms with Gasteiger partial charge >= 0.3 is 0 Å². The highest BCUT2D eigenvalue weighted by Crippen LogP contribution is 2.41. The van der Waals surface area contributed by atoms with E-state index in [-0.39, 0.29) is 17.3 Å². The van der Waals surface area contributed by atoms with Crippen LogP contribution in [0.25, 0.3) is 27.9 Å². The number of para-hydroxylation sites is 2. The van der Waals surface area contributed by atoms with Crippen molar-refractivity contribution in [2.75, 3.05) is 47.3 Å². The molecule has 0 unspecified atom stereocenters. The average molecular weight is 466 g/mol. The summed E-state index contributed by atoms with van der Waals surface area (Å²) in [6.45, 7) is 0.970. The number of ether oxygens (including phenoxy) is 4. The van der Waals surface area contributed by atoms with E-state index >= 15 is 0 Å². The van der Waals surface area contributed by atoms with Crippen molar-refractivity contribution in [1.82, 2.24) is 19.9 Å². The highest BCUT2D eigenvalue weighted by Gasteiger charge is 2.26. The third kappa shape index (κ3) is 4.03. The monoisotopic (exact) mass is 465 g/mol. The number of hydrogen-bond donors (Lipinski definition) is 2. The SMILES string of the molecule is COCCCNC(=O)c1c(N)n(-c2cc(OC)c(OC)c(OC)c2)c2nc3ccccc3nc12. The summed E-state index contributed by atoms with van der Waals surface area (Å²) < 4.78 is 23.2. The molecule has 1 amide bonds. The molecule has 2 heterocycles. The second-order valence-electron chi connectivity index (χ2n) is 7.47. The van der Waals surface area contributed by atoms with E-state index in [1.54, 1.807) is 23.8 Å². The number of anilines is 1. The fourth-order valence-electron chi connectivity index (χ4n) is 3.85. The van der Waals surface area contributed by atoms with Crippen LogP contribution in [-0.2, 0) is 4.74 Å². The number of hydrogen-bond acceptors (Lipinski definition) is 8. The van der Waals surface area contributed by atoms with Gasteiger partial charge in [-0.25, -0.2) is 9.97 Å². The number of carbonyl (C=O) groups is 1. The lowest BCUT2D eigenvalue weighted by Crippen LogP contribution is -2.26. The number of amides is 1. The zero-order chi connectivity index (χ0) is 24.2. The molecule has 0 saturated heterocycles. The van der Waals surface area contributed by atoms with E-state index < -0.39 is 0 Å². The Bertz CT molecular complexity index is 1330. The third-order valence-electron chi connectivity index (χ3n) is 5.44. The molecule has 10 heteroatoms. The Balaban J connectivity index is 1.96. The fourth-order valence-corrected chi connectivity index (χ4v) is 3.85. The molecule has 0 aliphatic heterocycles. The molecule has 34 heavy (non-hydrogen) atoms. The molecule has 0 bridgehead atoms. The quantitative estimate of drug-likeness (QED) is 0.362. The molecule has 0 aliphatic carbocycles. The van der Waals surface area contributed by atoms with Crippen LogP contribution in [0, 0.1) is 0 Å². The first-order valence-electron chi connectivity index (χ1n) is 10.7. The second kappa shape index (κ2) is 9.84. The Kier molecular flexibility index (Phi) is 6.69. The molecular formula is C24H27N5O5. The van der Waals surface area contributed by atoms with Gasteiger partial charge in [0.25, 0.3) is 5.91 Å². The normalized spacial score (nSPS) is 11.1. The molecule has 10 nitrogen and oxygen atoms in total. The summed E-state index contributed by atoms with van der Waals surface area (Å²) in [4.78, 5) is 22.7. The Labute approximate surface area is 196 Å². The summed E-state index contributed by atoms with van der Waals surface area (Å²) in [5, 5.41) is 2.89. The summed E-state index contributed by atoms with van der Waals surface area (Å²) in [7, 11) is 6.21. The lowest BCUT2D eigenvalue weighted by atomic mass is 10.2. The minimum absolute atomic E-state index is 0.198. The van der Waals surface area contributed by atoms with Gasteiger partial charge < -0.3 is 30.0 Å². The predicted octanol–water partition coefficient (Wildman–Crippen LogP) is 2.95. The minimum atomic E-state index is -0.339. The Morgan fingerprint density at radius 1 is 1.00 bits per heavy atom. The smallest absolute Gasteiger partial charge is 0.257 e. The van der Waals surface area contributed by atoms with Gasteiger partial charge in [-0.1, -0.05) is 12.1 Å². The van der Waals surface area contributed by atoms with E-state index in [9.17, 15) is 4.79 Å². The van der Waals surface area contributed by atoms with E-state index in [1.807, 2.05) is 24.3 Å². The summed E-state index contributed by atoms with van der Waals surface area (Å²) >= 11 is 0. The molecule has 4 rings (SSSR count). The van der Waals surface area contributed by atoms with Crippen molar-refractivity contribution in [2.24, 2.45) is 0 Å². The molecule has 0 fully saturated rings. The molecule has 2 aromatic carbocycles. The summed E-state index contributed by atoms with van der Waals surface area (Å²) in [6, 6.07) is 10.9. The first-order valence-corrected chi connectivity index (χ1v) is 10.7. The number of nitrogens with two attached hydrogens (primary N) is 1. The first-order chi connectivity index (χ1) is 16.5. The molecule has 178 valence electrons. The molecule has 2 aromatic heterocycles. The minimum Gasteiger partial charge on any atom is -0.493 e. The molecule has 3 N–H and O–H groups in total. The Hall–Kier alpha value is -4.05. The van der Waals surface area contributed by atoms with Crippen molar-refractivity contribution in [1.29, 1.82) is 0 Å². The van der Waals surface area contributed by atoms with Gasteiger partial charge in [0.15, 0.2) is 17.1 Å². The zero-order valence-electron chi connectivity index (χ0n) is 19.5. The van der Waals surface area contributed by atoms with Crippen molar-refractivity contribution >= 4 is 33.9 Å². The van der Waals surface area contributed by atoms with Crippen LogP contribution in [0.5, 0.6) is 17.2 Å². The third-order valence-corrected chi connectivity index (χ3v) is 5.44. The predicted molar refractivity (Wildman–Crippen MR) is 129 cm³/mol. The largest absolute Gasteiger partial charge is 0.493 e. The number of carbonyl (C=O) groups excluding carboxylic acids is 1. The number of aromatic nitrogens is 3. The number of benzene rings is 2. The van der Waals surface area contributed by atoms with Crippen LogP contribution in [0.3, 0.4) is 0 Å². The van der Waals surface area contributed by atoms with Crippen LogP contribution in [0.4, 0.5) is 5.82 Å². The van der Waals surface area contributed by atoms with Crippen LogP contribution in [0.1, 0.15) is 16.8 Å². The van der Waals surface area contributed by atoms with Crippen molar-refractivity contribution in [3.8, 4) is 22.9 Å². The topological polar surface area (TPSA) is 123 Å².